The zero-order chi connectivity index (χ0) is 16.5. The van der Waals surface area contributed by atoms with Crippen molar-refractivity contribution in [3.8, 4) is 0 Å². The fourth-order valence-electron chi connectivity index (χ4n) is 2.27. The largest absolute Gasteiger partial charge is 0.383 e. The number of nitrogens with zero attached hydrogens (tertiary/aromatic N) is 3. The smallest absolute Gasteiger partial charge is 0.224 e. The number of benzene rings is 1. The van der Waals surface area contributed by atoms with Crippen molar-refractivity contribution in [2.24, 2.45) is 0 Å². The molecule has 2 N–H and O–H groups in total. The Morgan fingerprint density at radius 1 is 1.09 bits per heavy atom. The molecule has 0 spiro atoms. The second-order valence-corrected chi connectivity index (χ2v) is 5.03. The second-order valence-electron chi connectivity index (χ2n) is 5.03. The number of rotatable bonds is 9. The summed E-state index contributed by atoms with van der Waals surface area (Å²) in [6.45, 7) is 7.63. The molecule has 0 atom stereocenters. The van der Waals surface area contributed by atoms with Crippen molar-refractivity contribution >= 4 is 23.1 Å². The van der Waals surface area contributed by atoms with Crippen molar-refractivity contribution in [1.82, 2.24) is 9.97 Å². The van der Waals surface area contributed by atoms with Gasteiger partial charge in [-0.3, -0.25) is 0 Å². The van der Waals surface area contributed by atoms with Gasteiger partial charge in [0, 0.05) is 44.3 Å². The van der Waals surface area contributed by atoms with Gasteiger partial charge < -0.3 is 20.3 Å². The molecule has 0 unspecified atom stereocenters. The molecule has 6 heteroatoms. The van der Waals surface area contributed by atoms with E-state index in [-0.39, 0.29) is 0 Å². The van der Waals surface area contributed by atoms with Crippen LogP contribution in [0, 0.1) is 0 Å². The highest BCUT2D eigenvalue weighted by Crippen LogP contribution is 2.20. The molecule has 0 aliphatic heterocycles. The lowest BCUT2D eigenvalue weighted by Gasteiger charge is -2.21. The summed E-state index contributed by atoms with van der Waals surface area (Å²) >= 11 is 0. The Labute approximate surface area is 137 Å². The van der Waals surface area contributed by atoms with Crippen LogP contribution >= 0.6 is 0 Å². The molecule has 2 aromatic rings. The Morgan fingerprint density at radius 2 is 1.83 bits per heavy atom. The zero-order valence-corrected chi connectivity index (χ0v) is 14.0. The molecular formula is C17H25N5O. The highest BCUT2D eigenvalue weighted by Gasteiger charge is 2.03. The first-order chi connectivity index (χ1) is 11.3. The van der Waals surface area contributed by atoms with Crippen molar-refractivity contribution < 1.29 is 4.74 Å². The zero-order valence-electron chi connectivity index (χ0n) is 14.0. The van der Waals surface area contributed by atoms with Crippen LogP contribution in [0.3, 0.4) is 0 Å². The van der Waals surface area contributed by atoms with E-state index in [2.05, 4.69) is 63.6 Å². The van der Waals surface area contributed by atoms with Crippen LogP contribution in [0.1, 0.15) is 13.8 Å². The minimum atomic E-state index is 0.590. The molecule has 0 saturated carbocycles. The van der Waals surface area contributed by atoms with Crippen molar-refractivity contribution in [2.75, 3.05) is 48.9 Å². The van der Waals surface area contributed by atoms with Gasteiger partial charge in [-0.1, -0.05) is 0 Å². The molecule has 6 nitrogen and oxygen atoms in total. The summed E-state index contributed by atoms with van der Waals surface area (Å²) in [5.41, 5.74) is 2.23. The summed E-state index contributed by atoms with van der Waals surface area (Å²) in [5, 5.41) is 6.41. The average molecular weight is 315 g/mol. The SMILES string of the molecule is CCN(CC)c1ccc(Nc2ccnc(NCCOC)n2)cc1. The Kier molecular flexibility index (Phi) is 6.62. The molecule has 1 aromatic carbocycles. The summed E-state index contributed by atoms with van der Waals surface area (Å²) in [7, 11) is 1.67. The number of hydrogen-bond donors (Lipinski definition) is 2. The van der Waals surface area contributed by atoms with E-state index in [4.69, 9.17) is 4.74 Å². The first-order valence-electron chi connectivity index (χ1n) is 7.94. The highest BCUT2D eigenvalue weighted by molar-refractivity contribution is 5.61. The number of hydrogen-bond acceptors (Lipinski definition) is 6. The number of methoxy groups -OCH3 is 1. The maximum Gasteiger partial charge on any atom is 0.224 e. The molecule has 1 aromatic heterocycles. The molecule has 23 heavy (non-hydrogen) atoms. The topological polar surface area (TPSA) is 62.3 Å². The fraction of sp³-hybridized carbons (Fsp3) is 0.412. The number of ether oxygens (including phenoxy) is 1. The quantitative estimate of drug-likeness (QED) is 0.693. The van der Waals surface area contributed by atoms with Gasteiger partial charge in [-0.05, 0) is 44.2 Å². The summed E-state index contributed by atoms with van der Waals surface area (Å²) < 4.78 is 5.00. The average Bonchev–Trinajstić information content (AvgIpc) is 2.58. The molecular weight excluding hydrogens is 290 g/mol. The van der Waals surface area contributed by atoms with E-state index in [1.165, 1.54) is 5.69 Å². The third-order valence-corrected chi connectivity index (χ3v) is 3.51. The van der Waals surface area contributed by atoms with Crippen molar-refractivity contribution in [3.63, 3.8) is 0 Å². The van der Waals surface area contributed by atoms with E-state index in [9.17, 15) is 0 Å². The first-order valence-corrected chi connectivity index (χ1v) is 7.94. The van der Waals surface area contributed by atoms with Crippen LogP contribution in [-0.4, -0.2) is 43.3 Å². The molecule has 2 rings (SSSR count). The van der Waals surface area contributed by atoms with Crippen LogP contribution in [0.15, 0.2) is 36.5 Å². The predicted molar refractivity (Wildman–Crippen MR) is 95.7 cm³/mol. The molecule has 0 radical (unpaired) electrons. The van der Waals surface area contributed by atoms with Crippen LogP contribution < -0.4 is 15.5 Å². The number of nitrogens with one attached hydrogen (secondary N) is 2. The molecule has 0 aliphatic rings. The standard InChI is InChI=1S/C17H25N5O/c1-4-22(5-2)15-8-6-14(7-9-15)20-16-10-11-18-17(21-16)19-12-13-23-3/h6-11H,4-5,12-13H2,1-3H3,(H2,18,19,20,21). The minimum Gasteiger partial charge on any atom is -0.383 e. The van der Waals surface area contributed by atoms with Gasteiger partial charge in [-0.15, -0.1) is 0 Å². The van der Waals surface area contributed by atoms with Crippen LogP contribution in [-0.2, 0) is 4.74 Å². The van der Waals surface area contributed by atoms with E-state index in [0.29, 0.717) is 19.1 Å². The Bertz CT molecular complexity index is 584. The Morgan fingerprint density at radius 3 is 2.48 bits per heavy atom. The maximum absolute atomic E-state index is 5.00. The lowest BCUT2D eigenvalue weighted by atomic mass is 10.2. The fourth-order valence-corrected chi connectivity index (χ4v) is 2.27. The van der Waals surface area contributed by atoms with Gasteiger partial charge >= 0.3 is 0 Å². The molecule has 0 saturated heterocycles. The minimum absolute atomic E-state index is 0.590. The van der Waals surface area contributed by atoms with Crippen molar-refractivity contribution in [1.29, 1.82) is 0 Å². The summed E-state index contributed by atoms with van der Waals surface area (Å²) in [6, 6.07) is 10.2. The number of anilines is 4. The van der Waals surface area contributed by atoms with E-state index in [1.54, 1.807) is 13.3 Å². The number of aromatic nitrogens is 2. The first kappa shape index (κ1) is 17.0. The van der Waals surface area contributed by atoms with E-state index in [0.717, 1.165) is 24.6 Å². The van der Waals surface area contributed by atoms with E-state index >= 15 is 0 Å². The van der Waals surface area contributed by atoms with Crippen LogP contribution in [0.4, 0.5) is 23.1 Å². The molecule has 0 aliphatic carbocycles. The van der Waals surface area contributed by atoms with Gasteiger partial charge in [0.25, 0.3) is 0 Å². The normalized spacial score (nSPS) is 10.4. The Balaban J connectivity index is 2.00. The monoisotopic (exact) mass is 315 g/mol. The van der Waals surface area contributed by atoms with Gasteiger partial charge in [-0.25, -0.2) is 4.98 Å². The van der Waals surface area contributed by atoms with Crippen LogP contribution in [0.2, 0.25) is 0 Å². The van der Waals surface area contributed by atoms with Gasteiger partial charge in [-0.2, -0.15) is 4.98 Å². The summed E-state index contributed by atoms with van der Waals surface area (Å²) in [6.07, 6.45) is 1.73. The third kappa shape index (κ3) is 5.10. The van der Waals surface area contributed by atoms with E-state index in [1.807, 2.05) is 6.07 Å². The lowest BCUT2D eigenvalue weighted by molar-refractivity contribution is 0.210. The van der Waals surface area contributed by atoms with Gasteiger partial charge in [0.15, 0.2) is 0 Å². The molecule has 0 fully saturated rings. The van der Waals surface area contributed by atoms with Gasteiger partial charge in [0.05, 0.1) is 6.61 Å². The van der Waals surface area contributed by atoms with Crippen LogP contribution in [0.25, 0.3) is 0 Å². The second kappa shape index (κ2) is 8.95. The van der Waals surface area contributed by atoms with Crippen LogP contribution in [0.5, 0.6) is 0 Å². The maximum atomic E-state index is 5.00. The molecule has 0 amide bonds. The Hall–Kier alpha value is -2.34. The molecule has 1 heterocycles. The summed E-state index contributed by atoms with van der Waals surface area (Å²) in [5.74, 6) is 1.35. The molecule has 0 bridgehead atoms. The third-order valence-electron chi connectivity index (χ3n) is 3.51. The molecule has 124 valence electrons. The highest BCUT2D eigenvalue weighted by atomic mass is 16.5. The van der Waals surface area contributed by atoms with Gasteiger partial charge in [0.2, 0.25) is 5.95 Å². The summed E-state index contributed by atoms with van der Waals surface area (Å²) in [4.78, 5) is 10.9. The van der Waals surface area contributed by atoms with Crippen molar-refractivity contribution in [2.45, 2.75) is 13.8 Å². The van der Waals surface area contributed by atoms with Gasteiger partial charge in [0.1, 0.15) is 5.82 Å². The van der Waals surface area contributed by atoms with Crippen molar-refractivity contribution in [3.05, 3.63) is 36.5 Å². The lowest BCUT2D eigenvalue weighted by Crippen LogP contribution is -2.21. The predicted octanol–water partition coefficient (Wildman–Crippen LogP) is 3.12. The van der Waals surface area contributed by atoms with E-state index < -0.39 is 0 Å².